The van der Waals surface area contributed by atoms with E-state index in [0.717, 1.165) is 13.0 Å². The lowest BCUT2D eigenvalue weighted by molar-refractivity contribution is 0.105. The Bertz CT molecular complexity index is 273. The smallest absolute Gasteiger partial charge is 0.0664 e. The van der Waals surface area contributed by atoms with E-state index in [-0.39, 0.29) is 6.10 Å². The first-order valence-corrected chi connectivity index (χ1v) is 5.58. The average Bonchev–Trinajstić information content (AvgIpc) is 2.29. The minimum Gasteiger partial charge on any atom is -0.392 e. The van der Waals surface area contributed by atoms with Crippen LogP contribution in [-0.2, 0) is 0 Å². The van der Waals surface area contributed by atoms with E-state index in [1.54, 1.807) is 0 Å². The van der Waals surface area contributed by atoms with Gasteiger partial charge < -0.3 is 5.11 Å². The normalized spacial score (nSPS) is 15.3. The number of hydrogen-bond donors (Lipinski definition) is 1. The fourth-order valence-corrected chi connectivity index (χ4v) is 1.61. The molecule has 0 fully saturated rings. The summed E-state index contributed by atoms with van der Waals surface area (Å²) in [7, 11) is 2.05. The zero-order valence-electron chi connectivity index (χ0n) is 9.85. The number of nitrogens with zero attached hydrogens (tertiary/aromatic N) is 1. The van der Waals surface area contributed by atoms with Crippen LogP contribution < -0.4 is 0 Å². The fraction of sp³-hybridized carbons (Fsp3) is 0.538. The van der Waals surface area contributed by atoms with Gasteiger partial charge in [-0.05, 0) is 26.0 Å². The summed E-state index contributed by atoms with van der Waals surface area (Å²) < 4.78 is 0. The van der Waals surface area contributed by atoms with Crippen molar-refractivity contribution < 1.29 is 5.11 Å². The molecule has 0 saturated heterocycles. The lowest BCUT2D eigenvalue weighted by Crippen LogP contribution is -2.30. The Labute approximate surface area is 92.5 Å². The van der Waals surface area contributed by atoms with E-state index in [1.165, 1.54) is 5.56 Å². The van der Waals surface area contributed by atoms with Crippen molar-refractivity contribution in [1.29, 1.82) is 0 Å². The molecule has 1 aromatic rings. The number of benzene rings is 1. The standard InChI is InChI=1S/C13H21NO/c1-4-13(15)10-14(3)11(2)12-8-6-5-7-9-12/h5-9,11,13,15H,4,10H2,1-3H3. The predicted octanol–water partition coefficient (Wildman–Crippen LogP) is 2.45. The molecule has 0 heterocycles. The summed E-state index contributed by atoms with van der Waals surface area (Å²) in [6.07, 6.45) is 0.590. The third-order valence-corrected chi connectivity index (χ3v) is 2.91. The second-order valence-electron chi connectivity index (χ2n) is 4.09. The van der Waals surface area contributed by atoms with Gasteiger partial charge in [0.25, 0.3) is 0 Å². The summed E-state index contributed by atoms with van der Waals surface area (Å²) >= 11 is 0. The third kappa shape index (κ3) is 3.65. The van der Waals surface area contributed by atoms with Crippen LogP contribution in [-0.4, -0.2) is 29.7 Å². The van der Waals surface area contributed by atoms with Gasteiger partial charge in [-0.1, -0.05) is 37.3 Å². The van der Waals surface area contributed by atoms with Gasteiger partial charge in [0, 0.05) is 12.6 Å². The molecule has 2 atom stereocenters. The molecule has 0 spiro atoms. The van der Waals surface area contributed by atoms with Crippen molar-refractivity contribution in [2.45, 2.75) is 32.4 Å². The molecule has 15 heavy (non-hydrogen) atoms. The van der Waals surface area contributed by atoms with E-state index in [2.05, 4.69) is 43.1 Å². The highest BCUT2D eigenvalue weighted by Crippen LogP contribution is 2.18. The van der Waals surface area contributed by atoms with E-state index in [0.29, 0.717) is 6.04 Å². The van der Waals surface area contributed by atoms with Crippen LogP contribution in [0, 0.1) is 0 Å². The van der Waals surface area contributed by atoms with E-state index >= 15 is 0 Å². The number of aliphatic hydroxyl groups excluding tert-OH is 1. The average molecular weight is 207 g/mol. The Kier molecular flexibility index (Phi) is 4.79. The Morgan fingerprint density at radius 1 is 1.27 bits per heavy atom. The second-order valence-corrected chi connectivity index (χ2v) is 4.09. The highest BCUT2D eigenvalue weighted by atomic mass is 16.3. The molecule has 0 amide bonds. The first-order valence-electron chi connectivity index (χ1n) is 5.58. The molecule has 84 valence electrons. The van der Waals surface area contributed by atoms with Crippen molar-refractivity contribution in [3.8, 4) is 0 Å². The van der Waals surface area contributed by atoms with Crippen molar-refractivity contribution in [3.05, 3.63) is 35.9 Å². The van der Waals surface area contributed by atoms with Gasteiger partial charge >= 0.3 is 0 Å². The molecule has 1 aromatic carbocycles. The van der Waals surface area contributed by atoms with Crippen LogP contribution in [0.25, 0.3) is 0 Å². The number of aliphatic hydroxyl groups is 1. The van der Waals surface area contributed by atoms with Crippen LogP contribution >= 0.6 is 0 Å². The van der Waals surface area contributed by atoms with Crippen LogP contribution in [0.2, 0.25) is 0 Å². The van der Waals surface area contributed by atoms with Gasteiger partial charge in [-0.25, -0.2) is 0 Å². The van der Waals surface area contributed by atoms with Crippen LogP contribution in [0.1, 0.15) is 31.9 Å². The molecular formula is C13H21NO. The van der Waals surface area contributed by atoms with Crippen LogP contribution in [0.4, 0.5) is 0 Å². The van der Waals surface area contributed by atoms with Crippen molar-refractivity contribution in [2.75, 3.05) is 13.6 Å². The lowest BCUT2D eigenvalue weighted by Gasteiger charge is -2.26. The molecule has 0 saturated carbocycles. The zero-order chi connectivity index (χ0) is 11.3. The van der Waals surface area contributed by atoms with E-state index < -0.39 is 0 Å². The first-order chi connectivity index (χ1) is 7.15. The Morgan fingerprint density at radius 2 is 1.87 bits per heavy atom. The largest absolute Gasteiger partial charge is 0.392 e. The summed E-state index contributed by atoms with van der Waals surface area (Å²) in [5, 5.41) is 9.58. The lowest BCUT2D eigenvalue weighted by atomic mass is 10.1. The Morgan fingerprint density at radius 3 is 2.40 bits per heavy atom. The molecule has 0 aliphatic rings. The monoisotopic (exact) mass is 207 g/mol. The van der Waals surface area contributed by atoms with Crippen LogP contribution in [0.15, 0.2) is 30.3 Å². The molecule has 0 bridgehead atoms. The summed E-state index contributed by atoms with van der Waals surface area (Å²) in [6.45, 7) is 4.90. The maximum Gasteiger partial charge on any atom is 0.0664 e. The predicted molar refractivity (Wildman–Crippen MR) is 63.8 cm³/mol. The molecule has 2 nitrogen and oxygen atoms in total. The zero-order valence-corrected chi connectivity index (χ0v) is 9.85. The Balaban J connectivity index is 2.57. The summed E-state index contributed by atoms with van der Waals surface area (Å²) in [5.41, 5.74) is 1.29. The molecule has 0 aliphatic carbocycles. The molecular weight excluding hydrogens is 186 g/mol. The number of likely N-dealkylation sites (N-methyl/N-ethyl adjacent to an activating group) is 1. The first kappa shape index (κ1) is 12.2. The topological polar surface area (TPSA) is 23.5 Å². The van der Waals surface area contributed by atoms with Gasteiger partial charge in [0.05, 0.1) is 6.10 Å². The summed E-state index contributed by atoms with van der Waals surface area (Å²) in [4.78, 5) is 2.18. The van der Waals surface area contributed by atoms with E-state index in [1.807, 2.05) is 13.0 Å². The van der Waals surface area contributed by atoms with Crippen molar-refractivity contribution in [2.24, 2.45) is 0 Å². The SMILES string of the molecule is CCC(O)CN(C)C(C)c1ccccc1. The van der Waals surface area contributed by atoms with E-state index in [4.69, 9.17) is 0 Å². The third-order valence-electron chi connectivity index (χ3n) is 2.91. The molecule has 1 rings (SSSR count). The minimum absolute atomic E-state index is 0.221. The minimum atomic E-state index is -0.221. The maximum absolute atomic E-state index is 9.58. The molecule has 2 heteroatoms. The molecule has 0 aromatic heterocycles. The van der Waals surface area contributed by atoms with Gasteiger partial charge in [-0.15, -0.1) is 0 Å². The van der Waals surface area contributed by atoms with Gasteiger partial charge in [0.2, 0.25) is 0 Å². The van der Waals surface area contributed by atoms with Crippen LogP contribution in [0.5, 0.6) is 0 Å². The molecule has 2 unspecified atom stereocenters. The van der Waals surface area contributed by atoms with Crippen molar-refractivity contribution >= 4 is 0 Å². The fourth-order valence-electron chi connectivity index (χ4n) is 1.61. The maximum atomic E-state index is 9.58. The number of hydrogen-bond acceptors (Lipinski definition) is 2. The van der Waals surface area contributed by atoms with Crippen molar-refractivity contribution in [1.82, 2.24) is 4.90 Å². The quantitative estimate of drug-likeness (QED) is 0.801. The second kappa shape index (κ2) is 5.89. The van der Waals surface area contributed by atoms with Crippen molar-refractivity contribution in [3.63, 3.8) is 0 Å². The summed E-state index contributed by atoms with van der Waals surface area (Å²) in [5.74, 6) is 0. The van der Waals surface area contributed by atoms with E-state index in [9.17, 15) is 5.11 Å². The van der Waals surface area contributed by atoms with Gasteiger partial charge in [0.1, 0.15) is 0 Å². The van der Waals surface area contributed by atoms with Crippen LogP contribution in [0.3, 0.4) is 0 Å². The molecule has 1 N–H and O–H groups in total. The summed E-state index contributed by atoms with van der Waals surface area (Å²) in [6, 6.07) is 10.7. The van der Waals surface area contributed by atoms with Gasteiger partial charge in [-0.3, -0.25) is 4.90 Å². The number of rotatable bonds is 5. The highest BCUT2D eigenvalue weighted by molar-refractivity contribution is 5.18. The highest BCUT2D eigenvalue weighted by Gasteiger charge is 2.13. The Hall–Kier alpha value is -0.860. The van der Waals surface area contributed by atoms with Gasteiger partial charge in [-0.2, -0.15) is 0 Å². The van der Waals surface area contributed by atoms with Gasteiger partial charge in [0.15, 0.2) is 0 Å². The molecule has 0 aliphatic heterocycles. The molecule has 0 radical (unpaired) electrons.